The number of carbonyl (C=O) groups excluding carboxylic acids is 2. The molecule has 1 N–H and O–H groups in total. The van der Waals surface area contributed by atoms with Gasteiger partial charge in [-0.3, -0.25) is 9.59 Å². The van der Waals surface area contributed by atoms with Gasteiger partial charge in [0, 0.05) is 9.50 Å². The monoisotopic (exact) mass is 409 g/mol. The quantitative estimate of drug-likeness (QED) is 0.681. The third-order valence-corrected chi connectivity index (χ3v) is 4.22. The summed E-state index contributed by atoms with van der Waals surface area (Å²) < 4.78 is 6.23. The molecule has 2 aromatic carbocycles. The molecule has 0 saturated carbocycles. The van der Waals surface area contributed by atoms with E-state index in [0.717, 1.165) is 16.5 Å². The number of nitrogens with one attached hydrogen (secondary N) is 1. The van der Waals surface area contributed by atoms with E-state index in [9.17, 15) is 9.59 Å². The van der Waals surface area contributed by atoms with E-state index in [1.165, 1.54) is 0 Å². The van der Waals surface area contributed by atoms with Crippen LogP contribution in [-0.2, 0) is 4.79 Å². The van der Waals surface area contributed by atoms with Crippen molar-refractivity contribution in [2.45, 2.75) is 19.4 Å². The van der Waals surface area contributed by atoms with E-state index < -0.39 is 0 Å². The fraction of sp³-hybridized carbons (Fsp3) is 0.222. The van der Waals surface area contributed by atoms with Crippen LogP contribution >= 0.6 is 27.5 Å². The number of aldehydes is 1. The zero-order valence-corrected chi connectivity index (χ0v) is 15.4. The van der Waals surface area contributed by atoms with Crippen molar-refractivity contribution in [2.24, 2.45) is 0 Å². The highest BCUT2D eigenvalue weighted by Gasteiger charge is 2.14. The lowest BCUT2D eigenvalue weighted by Gasteiger charge is -2.18. The van der Waals surface area contributed by atoms with Gasteiger partial charge in [0.25, 0.3) is 5.91 Å². The topological polar surface area (TPSA) is 55.4 Å². The fourth-order valence-corrected chi connectivity index (χ4v) is 2.74. The normalized spacial score (nSPS) is 11.6. The highest BCUT2D eigenvalue weighted by Crippen LogP contribution is 2.22. The summed E-state index contributed by atoms with van der Waals surface area (Å²) in [5, 5.41) is 3.57. The number of carbonyl (C=O) groups is 2. The lowest BCUT2D eigenvalue weighted by Crippen LogP contribution is -2.32. The van der Waals surface area contributed by atoms with Crippen molar-refractivity contribution < 1.29 is 14.3 Å². The SMILES string of the molecule is CCC(NC(=O)COc1ccc(Br)cc1C=O)c1ccc(Cl)cc1. The zero-order valence-electron chi connectivity index (χ0n) is 13.1. The number of amides is 1. The summed E-state index contributed by atoms with van der Waals surface area (Å²) in [4.78, 5) is 23.2. The molecule has 0 aliphatic heterocycles. The first-order valence-corrected chi connectivity index (χ1v) is 8.63. The molecule has 2 rings (SSSR count). The Balaban J connectivity index is 1.97. The molecule has 0 saturated heterocycles. The van der Waals surface area contributed by atoms with Crippen molar-refractivity contribution in [3.8, 4) is 5.75 Å². The Morgan fingerprint density at radius 1 is 1.29 bits per heavy atom. The molecule has 0 bridgehead atoms. The Bertz CT molecular complexity index is 719. The van der Waals surface area contributed by atoms with Crippen LogP contribution in [-0.4, -0.2) is 18.8 Å². The molecule has 1 atom stereocenters. The van der Waals surface area contributed by atoms with E-state index in [1.807, 2.05) is 19.1 Å². The van der Waals surface area contributed by atoms with E-state index in [1.54, 1.807) is 30.3 Å². The molecule has 126 valence electrons. The summed E-state index contributed by atoms with van der Waals surface area (Å²) in [5.41, 5.74) is 1.37. The first-order chi connectivity index (χ1) is 11.5. The summed E-state index contributed by atoms with van der Waals surface area (Å²) in [6.45, 7) is 1.83. The molecular formula is C18H17BrClNO3. The molecule has 24 heavy (non-hydrogen) atoms. The molecular weight excluding hydrogens is 394 g/mol. The van der Waals surface area contributed by atoms with Crippen molar-refractivity contribution in [1.29, 1.82) is 0 Å². The molecule has 0 aromatic heterocycles. The molecule has 0 aliphatic rings. The van der Waals surface area contributed by atoms with Gasteiger partial charge in [-0.15, -0.1) is 0 Å². The zero-order chi connectivity index (χ0) is 17.5. The Morgan fingerprint density at radius 3 is 2.62 bits per heavy atom. The molecule has 0 aliphatic carbocycles. The van der Waals surface area contributed by atoms with Gasteiger partial charge in [0.2, 0.25) is 0 Å². The van der Waals surface area contributed by atoms with Gasteiger partial charge in [0.05, 0.1) is 11.6 Å². The molecule has 6 heteroatoms. The lowest BCUT2D eigenvalue weighted by atomic mass is 10.0. The summed E-state index contributed by atoms with van der Waals surface area (Å²) in [7, 11) is 0. The van der Waals surface area contributed by atoms with E-state index in [2.05, 4.69) is 21.2 Å². The molecule has 1 amide bonds. The Morgan fingerprint density at radius 2 is 2.00 bits per heavy atom. The van der Waals surface area contributed by atoms with Crippen LogP contribution in [0.15, 0.2) is 46.9 Å². The van der Waals surface area contributed by atoms with Gasteiger partial charge < -0.3 is 10.1 Å². The average Bonchev–Trinajstić information content (AvgIpc) is 2.59. The third kappa shape index (κ3) is 5.08. The highest BCUT2D eigenvalue weighted by molar-refractivity contribution is 9.10. The largest absolute Gasteiger partial charge is 0.483 e. The number of hydrogen-bond donors (Lipinski definition) is 1. The second-order valence-electron chi connectivity index (χ2n) is 5.17. The van der Waals surface area contributed by atoms with Crippen LogP contribution in [0, 0.1) is 0 Å². The molecule has 0 heterocycles. The van der Waals surface area contributed by atoms with Crippen molar-refractivity contribution in [1.82, 2.24) is 5.32 Å². The second kappa shape index (κ2) is 8.85. The van der Waals surface area contributed by atoms with Crippen LogP contribution in [0.1, 0.15) is 35.3 Å². The van der Waals surface area contributed by atoms with Crippen LogP contribution < -0.4 is 10.1 Å². The van der Waals surface area contributed by atoms with E-state index in [0.29, 0.717) is 22.6 Å². The van der Waals surface area contributed by atoms with Crippen LogP contribution in [0.25, 0.3) is 0 Å². The van der Waals surface area contributed by atoms with Crippen LogP contribution in [0.3, 0.4) is 0 Å². The number of rotatable bonds is 7. The maximum Gasteiger partial charge on any atom is 0.258 e. The van der Waals surface area contributed by atoms with Crippen molar-refractivity contribution >= 4 is 39.7 Å². The number of benzene rings is 2. The molecule has 0 fully saturated rings. The second-order valence-corrected chi connectivity index (χ2v) is 6.52. The van der Waals surface area contributed by atoms with E-state index >= 15 is 0 Å². The van der Waals surface area contributed by atoms with Crippen LogP contribution in [0.4, 0.5) is 0 Å². The number of halogens is 2. The lowest BCUT2D eigenvalue weighted by molar-refractivity contribution is -0.123. The van der Waals surface area contributed by atoms with Crippen molar-refractivity contribution in [3.63, 3.8) is 0 Å². The van der Waals surface area contributed by atoms with E-state index in [4.69, 9.17) is 16.3 Å². The first-order valence-electron chi connectivity index (χ1n) is 7.45. The average molecular weight is 411 g/mol. The van der Waals surface area contributed by atoms with Gasteiger partial charge in [-0.2, -0.15) is 0 Å². The summed E-state index contributed by atoms with van der Waals surface area (Å²) in [6.07, 6.45) is 1.44. The van der Waals surface area contributed by atoms with Gasteiger partial charge in [0.1, 0.15) is 5.75 Å². The smallest absolute Gasteiger partial charge is 0.258 e. The summed E-state index contributed by atoms with van der Waals surface area (Å²) in [5.74, 6) is 0.124. The maximum atomic E-state index is 12.1. The first kappa shape index (κ1) is 18.5. The summed E-state index contributed by atoms with van der Waals surface area (Å²) in [6, 6.07) is 12.3. The maximum absolute atomic E-state index is 12.1. The van der Waals surface area contributed by atoms with Crippen molar-refractivity contribution in [2.75, 3.05) is 6.61 Å². The van der Waals surface area contributed by atoms with Crippen LogP contribution in [0.2, 0.25) is 5.02 Å². The number of ether oxygens (including phenoxy) is 1. The fourth-order valence-electron chi connectivity index (χ4n) is 2.24. The minimum absolute atomic E-state index is 0.117. The highest BCUT2D eigenvalue weighted by atomic mass is 79.9. The van der Waals surface area contributed by atoms with Crippen LogP contribution in [0.5, 0.6) is 5.75 Å². The Kier molecular flexibility index (Phi) is 6.82. The predicted octanol–water partition coefficient (Wildman–Crippen LogP) is 4.56. The van der Waals surface area contributed by atoms with Crippen molar-refractivity contribution in [3.05, 3.63) is 63.1 Å². The number of hydrogen-bond acceptors (Lipinski definition) is 3. The molecule has 0 spiro atoms. The van der Waals surface area contributed by atoms with Gasteiger partial charge >= 0.3 is 0 Å². The van der Waals surface area contributed by atoms with Gasteiger partial charge in [-0.05, 0) is 42.3 Å². The minimum atomic E-state index is -0.253. The standard InChI is InChI=1S/C18H17BrClNO3/c1-2-16(12-3-6-15(20)7-4-12)21-18(23)11-24-17-8-5-14(19)9-13(17)10-22/h3-10,16H,2,11H2,1H3,(H,21,23). The molecule has 1 unspecified atom stereocenters. The van der Waals surface area contributed by atoms with Gasteiger partial charge in [-0.1, -0.05) is 46.6 Å². The van der Waals surface area contributed by atoms with Gasteiger partial charge in [-0.25, -0.2) is 0 Å². The predicted molar refractivity (Wildman–Crippen MR) is 97.7 cm³/mol. The Labute approximate surface area is 154 Å². The molecule has 4 nitrogen and oxygen atoms in total. The minimum Gasteiger partial charge on any atom is -0.483 e. The molecule has 0 radical (unpaired) electrons. The Hall–Kier alpha value is -1.85. The summed E-state index contributed by atoms with van der Waals surface area (Å²) >= 11 is 9.17. The van der Waals surface area contributed by atoms with Gasteiger partial charge in [0.15, 0.2) is 12.9 Å². The van der Waals surface area contributed by atoms with E-state index in [-0.39, 0.29) is 18.6 Å². The molecule has 2 aromatic rings. The third-order valence-electron chi connectivity index (χ3n) is 3.47.